The molecule has 0 aliphatic carbocycles. The van der Waals surface area contributed by atoms with Crippen molar-refractivity contribution in [3.8, 4) is 0 Å². The van der Waals surface area contributed by atoms with Crippen molar-refractivity contribution in [2.45, 2.75) is 78.2 Å². The number of hydrogen-bond donors (Lipinski definition) is 0. The van der Waals surface area contributed by atoms with Gasteiger partial charge in [0.1, 0.15) is 6.61 Å². The molecule has 0 aromatic heterocycles. The number of aryl methyl sites for hydroxylation is 1. The van der Waals surface area contributed by atoms with Crippen LogP contribution < -0.4 is 0 Å². The number of ether oxygens (including phenoxy) is 2. The van der Waals surface area contributed by atoms with E-state index in [-0.39, 0.29) is 31.4 Å². The summed E-state index contributed by atoms with van der Waals surface area (Å²) in [4.78, 5) is 23.3. The average Bonchev–Trinajstić information content (AvgIpc) is 2.60. The van der Waals surface area contributed by atoms with Gasteiger partial charge in [0.15, 0.2) is 0 Å². The molecule has 0 radical (unpaired) electrons. The van der Waals surface area contributed by atoms with Gasteiger partial charge >= 0.3 is 11.9 Å². The van der Waals surface area contributed by atoms with Crippen molar-refractivity contribution in [1.82, 2.24) is 0 Å². The molecule has 0 aliphatic rings. The minimum Gasteiger partial charge on any atom is -0.466 e. The number of rotatable bonds is 13. The van der Waals surface area contributed by atoms with Crippen LogP contribution in [0.25, 0.3) is 0 Å². The molecule has 0 unspecified atom stereocenters. The van der Waals surface area contributed by atoms with E-state index in [1.165, 1.54) is 31.2 Å². The lowest BCUT2D eigenvalue weighted by atomic mass is 10.1. The summed E-state index contributed by atoms with van der Waals surface area (Å²) in [5, 5.41) is 0. The van der Waals surface area contributed by atoms with Gasteiger partial charge in [0.05, 0.1) is 6.61 Å². The van der Waals surface area contributed by atoms with Crippen LogP contribution in [0.1, 0.15) is 75.8 Å². The zero-order valence-corrected chi connectivity index (χ0v) is 15.7. The Morgan fingerprint density at radius 3 is 2.08 bits per heavy atom. The predicted octanol–water partition coefficient (Wildman–Crippen LogP) is 5.11. The molecule has 25 heavy (non-hydrogen) atoms. The highest BCUT2D eigenvalue weighted by Gasteiger charge is 2.07. The highest BCUT2D eigenvalue weighted by molar-refractivity contribution is 5.72. The number of hydrogen-bond acceptors (Lipinski definition) is 4. The molecule has 1 aromatic carbocycles. The van der Waals surface area contributed by atoms with E-state index < -0.39 is 0 Å². The summed E-state index contributed by atoms with van der Waals surface area (Å²) in [5.41, 5.74) is 2.15. The minimum atomic E-state index is -0.274. The first kappa shape index (κ1) is 21.2. The molecule has 0 saturated carbocycles. The molecule has 1 rings (SSSR count). The summed E-state index contributed by atoms with van der Waals surface area (Å²) in [6.07, 6.45) is 8.01. The van der Waals surface area contributed by atoms with Crippen LogP contribution in [0.3, 0.4) is 0 Å². The quantitative estimate of drug-likeness (QED) is 0.367. The standard InChI is InChI=1S/C21H32O4/c1-3-4-5-6-7-8-16-24-20(22)10-9-11-21(23)25-17-19-14-12-18(2)13-15-19/h12-15H,3-11,16-17H2,1-2H3. The number of esters is 2. The van der Waals surface area contributed by atoms with E-state index in [2.05, 4.69) is 6.92 Å². The second-order valence-corrected chi connectivity index (χ2v) is 6.49. The van der Waals surface area contributed by atoms with Gasteiger partial charge in [-0.15, -0.1) is 0 Å². The first-order chi connectivity index (χ1) is 12.1. The number of carbonyl (C=O) groups excluding carboxylic acids is 2. The van der Waals surface area contributed by atoms with Crippen LogP contribution in [-0.4, -0.2) is 18.5 Å². The highest BCUT2D eigenvalue weighted by atomic mass is 16.5. The van der Waals surface area contributed by atoms with Crippen LogP contribution in [0.2, 0.25) is 0 Å². The summed E-state index contributed by atoms with van der Waals surface area (Å²) in [6, 6.07) is 7.87. The molecule has 0 fully saturated rings. The van der Waals surface area contributed by atoms with Crippen molar-refractivity contribution in [1.29, 1.82) is 0 Å². The van der Waals surface area contributed by atoms with Crippen molar-refractivity contribution in [3.63, 3.8) is 0 Å². The molecule has 0 heterocycles. The number of unbranched alkanes of at least 4 members (excludes halogenated alkanes) is 5. The van der Waals surface area contributed by atoms with Crippen molar-refractivity contribution >= 4 is 11.9 Å². The van der Waals surface area contributed by atoms with Gasteiger partial charge in [-0.1, -0.05) is 68.9 Å². The SMILES string of the molecule is CCCCCCCCOC(=O)CCCC(=O)OCc1ccc(C)cc1. The van der Waals surface area contributed by atoms with Crippen molar-refractivity contribution in [3.05, 3.63) is 35.4 Å². The largest absolute Gasteiger partial charge is 0.466 e. The van der Waals surface area contributed by atoms with E-state index in [4.69, 9.17) is 9.47 Å². The van der Waals surface area contributed by atoms with Gasteiger partial charge in [-0.05, 0) is 25.3 Å². The zero-order chi connectivity index (χ0) is 18.3. The second kappa shape index (κ2) is 13.5. The third kappa shape index (κ3) is 11.4. The molecule has 0 aliphatic heterocycles. The smallest absolute Gasteiger partial charge is 0.306 e. The normalized spacial score (nSPS) is 10.5. The molecule has 0 atom stereocenters. The summed E-state index contributed by atoms with van der Waals surface area (Å²) < 4.78 is 10.4. The van der Waals surface area contributed by atoms with Crippen LogP contribution in [0, 0.1) is 6.92 Å². The average molecular weight is 348 g/mol. The molecule has 0 N–H and O–H groups in total. The summed E-state index contributed by atoms with van der Waals surface area (Å²) in [5.74, 6) is -0.496. The fourth-order valence-electron chi connectivity index (χ4n) is 2.44. The van der Waals surface area contributed by atoms with E-state index in [1.807, 2.05) is 31.2 Å². The Balaban J connectivity index is 1.99. The number of carbonyl (C=O) groups is 2. The van der Waals surface area contributed by atoms with Crippen molar-refractivity contribution in [2.24, 2.45) is 0 Å². The lowest BCUT2D eigenvalue weighted by Crippen LogP contribution is -2.09. The third-order valence-electron chi connectivity index (χ3n) is 4.04. The van der Waals surface area contributed by atoms with Gasteiger partial charge in [-0.3, -0.25) is 9.59 Å². The fraction of sp³-hybridized carbons (Fsp3) is 0.619. The molecular formula is C21H32O4. The topological polar surface area (TPSA) is 52.6 Å². The van der Waals surface area contributed by atoms with Gasteiger partial charge in [-0.2, -0.15) is 0 Å². The lowest BCUT2D eigenvalue weighted by molar-refractivity contribution is -0.146. The van der Waals surface area contributed by atoms with Gasteiger partial charge < -0.3 is 9.47 Å². The van der Waals surface area contributed by atoms with Gasteiger partial charge in [0.25, 0.3) is 0 Å². The fourth-order valence-corrected chi connectivity index (χ4v) is 2.44. The maximum Gasteiger partial charge on any atom is 0.306 e. The zero-order valence-electron chi connectivity index (χ0n) is 15.7. The Bertz CT molecular complexity index is 493. The molecule has 1 aromatic rings. The molecule has 0 saturated heterocycles. The van der Waals surface area contributed by atoms with Crippen LogP contribution >= 0.6 is 0 Å². The molecule has 0 bridgehead atoms. The van der Waals surface area contributed by atoms with E-state index >= 15 is 0 Å². The Morgan fingerprint density at radius 1 is 0.800 bits per heavy atom. The molecular weight excluding hydrogens is 316 g/mol. The molecule has 4 nitrogen and oxygen atoms in total. The van der Waals surface area contributed by atoms with E-state index in [0.717, 1.165) is 18.4 Å². The summed E-state index contributed by atoms with van der Waals surface area (Å²) in [7, 11) is 0. The Kier molecular flexibility index (Phi) is 11.4. The molecule has 4 heteroatoms. The van der Waals surface area contributed by atoms with Gasteiger partial charge in [0.2, 0.25) is 0 Å². The Labute approximate surface area is 151 Å². The van der Waals surface area contributed by atoms with Gasteiger partial charge in [-0.25, -0.2) is 0 Å². The van der Waals surface area contributed by atoms with Crippen LogP contribution in [0.4, 0.5) is 0 Å². The monoisotopic (exact) mass is 348 g/mol. The third-order valence-corrected chi connectivity index (χ3v) is 4.04. The molecule has 0 amide bonds. The van der Waals surface area contributed by atoms with Crippen molar-refractivity contribution in [2.75, 3.05) is 6.61 Å². The van der Waals surface area contributed by atoms with Crippen LogP contribution in [-0.2, 0) is 25.7 Å². The maximum atomic E-state index is 11.7. The van der Waals surface area contributed by atoms with Crippen molar-refractivity contribution < 1.29 is 19.1 Å². The highest BCUT2D eigenvalue weighted by Crippen LogP contribution is 2.08. The first-order valence-electron chi connectivity index (χ1n) is 9.48. The second-order valence-electron chi connectivity index (χ2n) is 6.49. The molecule has 0 spiro atoms. The maximum absolute atomic E-state index is 11.7. The van der Waals surface area contributed by atoms with E-state index in [9.17, 15) is 9.59 Å². The van der Waals surface area contributed by atoms with E-state index in [1.54, 1.807) is 0 Å². The Hall–Kier alpha value is -1.84. The summed E-state index contributed by atoms with van der Waals surface area (Å²) >= 11 is 0. The summed E-state index contributed by atoms with van der Waals surface area (Å²) in [6.45, 7) is 4.98. The lowest BCUT2D eigenvalue weighted by Gasteiger charge is -2.06. The van der Waals surface area contributed by atoms with E-state index in [0.29, 0.717) is 13.0 Å². The van der Waals surface area contributed by atoms with Crippen LogP contribution in [0.5, 0.6) is 0 Å². The number of benzene rings is 1. The van der Waals surface area contributed by atoms with Gasteiger partial charge in [0, 0.05) is 12.8 Å². The predicted molar refractivity (Wildman–Crippen MR) is 99.2 cm³/mol. The minimum absolute atomic E-state index is 0.222. The first-order valence-corrected chi connectivity index (χ1v) is 9.48. The Morgan fingerprint density at radius 2 is 1.40 bits per heavy atom. The van der Waals surface area contributed by atoms with Crippen LogP contribution in [0.15, 0.2) is 24.3 Å². The molecule has 140 valence electrons.